The number of carboxylic acids is 1. The second-order valence-corrected chi connectivity index (χ2v) is 20.9. The Morgan fingerprint density at radius 1 is 0.920 bits per heavy atom. The van der Waals surface area contributed by atoms with Crippen molar-refractivity contribution < 1.29 is 23.5 Å². The number of fused-ring (bicyclic) bond motifs is 7. The van der Waals surface area contributed by atoms with E-state index in [0.29, 0.717) is 42.3 Å². The van der Waals surface area contributed by atoms with Crippen LogP contribution in [0.25, 0.3) is 5.57 Å². The number of nitrogens with zero attached hydrogens (tertiary/aromatic N) is 2. The zero-order valence-electron chi connectivity index (χ0n) is 31.3. The molecule has 1 aromatic carbocycles. The molecule has 9 heteroatoms. The van der Waals surface area contributed by atoms with Gasteiger partial charge in [0.2, 0.25) is 0 Å². The molecule has 0 bridgehead atoms. The van der Waals surface area contributed by atoms with Gasteiger partial charge in [-0.3, -0.25) is 0 Å². The van der Waals surface area contributed by atoms with E-state index in [0.717, 1.165) is 50.0 Å². The molecule has 8 nitrogen and oxygen atoms in total. The molecule has 0 amide bonds. The minimum Gasteiger partial charge on any atom is -0.478 e. The van der Waals surface area contributed by atoms with Crippen molar-refractivity contribution in [3.05, 3.63) is 41.5 Å². The second kappa shape index (κ2) is 12.4. The Morgan fingerprint density at radius 3 is 2.28 bits per heavy atom. The van der Waals surface area contributed by atoms with Crippen LogP contribution in [-0.4, -0.2) is 78.5 Å². The van der Waals surface area contributed by atoms with E-state index in [4.69, 9.17) is 0 Å². The standard InChI is InChI=1S/C41H61N3O5S/c1-27(43-47)30-13-18-41(42-21-22-44-23-25-50(48,49)26-24-44)20-19-39(5)32(35(30)41)11-12-34-38(4)16-14-31(28-7-9-29(10-8-28)36(45)46)37(2,3)33(38)15-17-40(34,39)6/h7-10,14,30,32-35,42,47H,11-13,15-26H2,1-6H3,(H,45,46)/b43-27+/t30?,32-,33+,34-,35-,38+,39-,40-,41+/m1/s1. The average molecular weight is 708 g/mol. The highest BCUT2D eigenvalue weighted by Gasteiger charge is 2.70. The number of hydrogen-bond acceptors (Lipinski definition) is 7. The highest BCUT2D eigenvalue weighted by Crippen LogP contribution is 2.76. The van der Waals surface area contributed by atoms with Gasteiger partial charge >= 0.3 is 5.97 Å². The van der Waals surface area contributed by atoms with Gasteiger partial charge in [-0.1, -0.05) is 58.0 Å². The van der Waals surface area contributed by atoms with Gasteiger partial charge in [0.15, 0.2) is 9.84 Å². The van der Waals surface area contributed by atoms with Crippen LogP contribution in [0.1, 0.15) is 115 Å². The molecule has 276 valence electrons. The first-order valence-electron chi connectivity index (χ1n) is 19.4. The van der Waals surface area contributed by atoms with Crippen LogP contribution in [-0.2, 0) is 9.84 Å². The lowest BCUT2D eigenvalue weighted by Crippen LogP contribution is -2.68. The molecule has 9 atom stereocenters. The molecule has 1 heterocycles. The van der Waals surface area contributed by atoms with Crippen LogP contribution >= 0.6 is 0 Å². The molecule has 0 spiro atoms. The first kappa shape index (κ1) is 36.1. The number of rotatable bonds is 7. The maximum Gasteiger partial charge on any atom is 0.335 e. The molecule has 5 aliphatic carbocycles. The van der Waals surface area contributed by atoms with Crippen molar-refractivity contribution in [1.82, 2.24) is 10.2 Å². The summed E-state index contributed by atoms with van der Waals surface area (Å²) in [7, 11) is -2.89. The first-order chi connectivity index (χ1) is 23.5. The van der Waals surface area contributed by atoms with Crippen LogP contribution in [0.3, 0.4) is 0 Å². The molecule has 1 aliphatic heterocycles. The van der Waals surface area contributed by atoms with E-state index < -0.39 is 15.8 Å². The Labute approximate surface area is 300 Å². The van der Waals surface area contributed by atoms with Crippen LogP contribution in [0.2, 0.25) is 0 Å². The third-order valence-corrected chi connectivity index (χ3v) is 18.1. The predicted octanol–water partition coefficient (Wildman–Crippen LogP) is 7.38. The molecule has 1 saturated heterocycles. The van der Waals surface area contributed by atoms with Gasteiger partial charge in [0.1, 0.15) is 0 Å². The molecular formula is C41H61N3O5S. The van der Waals surface area contributed by atoms with Crippen molar-refractivity contribution in [2.45, 2.75) is 105 Å². The Balaban J connectivity index is 1.16. The van der Waals surface area contributed by atoms with Gasteiger partial charge < -0.3 is 20.5 Å². The minimum atomic E-state index is -2.89. The number of hydrogen-bond donors (Lipinski definition) is 3. The maximum absolute atomic E-state index is 12.0. The minimum absolute atomic E-state index is 0.0214. The zero-order chi connectivity index (χ0) is 35.9. The maximum atomic E-state index is 12.0. The van der Waals surface area contributed by atoms with Crippen LogP contribution < -0.4 is 5.32 Å². The molecule has 7 rings (SSSR count). The third kappa shape index (κ3) is 5.45. The van der Waals surface area contributed by atoms with E-state index >= 15 is 0 Å². The molecule has 3 N–H and O–H groups in total. The molecule has 0 radical (unpaired) electrons. The quantitative estimate of drug-likeness (QED) is 0.154. The molecule has 6 aliphatic rings. The third-order valence-electron chi connectivity index (χ3n) is 16.5. The van der Waals surface area contributed by atoms with Gasteiger partial charge in [0.25, 0.3) is 0 Å². The van der Waals surface area contributed by atoms with Gasteiger partial charge in [-0.2, -0.15) is 0 Å². The van der Waals surface area contributed by atoms with Crippen molar-refractivity contribution in [3.8, 4) is 0 Å². The Hall–Kier alpha value is -2.23. The van der Waals surface area contributed by atoms with Crippen LogP contribution in [0.5, 0.6) is 0 Å². The highest BCUT2D eigenvalue weighted by atomic mass is 32.2. The summed E-state index contributed by atoms with van der Waals surface area (Å²) in [5.74, 6) is 2.05. The van der Waals surface area contributed by atoms with E-state index in [9.17, 15) is 23.5 Å². The monoisotopic (exact) mass is 707 g/mol. The molecule has 50 heavy (non-hydrogen) atoms. The molecule has 1 unspecified atom stereocenters. The highest BCUT2D eigenvalue weighted by molar-refractivity contribution is 7.91. The van der Waals surface area contributed by atoms with Crippen molar-refractivity contribution >= 4 is 27.1 Å². The summed E-state index contributed by atoms with van der Waals surface area (Å²) in [6.07, 6.45) is 12.9. The van der Waals surface area contributed by atoms with E-state index in [1.165, 1.54) is 37.7 Å². The number of aromatic carboxylic acids is 1. The summed E-state index contributed by atoms with van der Waals surface area (Å²) in [5.41, 5.74) is 4.31. The largest absolute Gasteiger partial charge is 0.478 e. The molecule has 1 aromatic rings. The van der Waals surface area contributed by atoms with Crippen molar-refractivity contribution in [1.29, 1.82) is 0 Å². The van der Waals surface area contributed by atoms with Gasteiger partial charge in [-0.05, 0) is 133 Å². The number of carbonyl (C=O) groups is 1. The summed E-state index contributed by atoms with van der Waals surface area (Å²) in [4.78, 5) is 13.9. The van der Waals surface area contributed by atoms with Crippen molar-refractivity contribution in [2.75, 3.05) is 37.7 Å². The fourth-order valence-corrected chi connectivity index (χ4v) is 15.0. The Kier molecular flexibility index (Phi) is 8.99. The number of nitrogens with one attached hydrogen (secondary N) is 1. The van der Waals surface area contributed by atoms with E-state index in [2.05, 4.69) is 56.1 Å². The SMILES string of the molecule is C/C(=N\O)C1CC[C@]2(NCCN3CCS(=O)(=O)CC3)CC[C@]3(C)[C@H](CC[C@@H]4[C@@]5(C)CC=C(c6ccc(C(=O)O)cc6)C(C)(C)[C@@H]5CC[C@]43C)[C@@H]12. The molecule has 4 saturated carbocycles. The number of sulfone groups is 1. The van der Waals surface area contributed by atoms with Crippen molar-refractivity contribution in [2.24, 2.45) is 56.4 Å². The summed E-state index contributed by atoms with van der Waals surface area (Å²) < 4.78 is 24.0. The summed E-state index contributed by atoms with van der Waals surface area (Å²) >= 11 is 0. The fourth-order valence-electron chi connectivity index (χ4n) is 13.8. The lowest BCUT2D eigenvalue weighted by Gasteiger charge is -2.72. The summed E-state index contributed by atoms with van der Waals surface area (Å²) in [6, 6.07) is 7.52. The molecule has 5 fully saturated rings. The van der Waals surface area contributed by atoms with E-state index in [1.54, 1.807) is 12.1 Å². The lowest BCUT2D eigenvalue weighted by atomic mass is 9.33. The fraction of sp³-hybridized carbons (Fsp3) is 0.756. The summed E-state index contributed by atoms with van der Waals surface area (Å²) in [6.45, 7) is 17.8. The number of allylic oxidation sites excluding steroid dienone is 2. The van der Waals surface area contributed by atoms with Gasteiger partial charge in [-0.15, -0.1) is 0 Å². The van der Waals surface area contributed by atoms with E-state index in [1.807, 2.05) is 19.1 Å². The van der Waals surface area contributed by atoms with Gasteiger partial charge in [-0.25, -0.2) is 13.2 Å². The van der Waals surface area contributed by atoms with Crippen LogP contribution in [0, 0.1) is 51.2 Å². The first-order valence-corrected chi connectivity index (χ1v) is 21.2. The molecular weight excluding hydrogens is 647 g/mol. The van der Waals surface area contributed by atoms with Gasteiger partial charge in [0, 0.05) is 37.6 Å². The predicted molar refractivity (Wildman–Crippen MR) is 199 cm³/mol. The number of carboxylic acid groups (broad SMARTS) is 1. The Bertz CT molecular complexity index is 1660. The zero-order valence-corrected chi connectivity index (χ0v) is 32.1. The van der Waals surface area contributed by atoms with Crippen LogP contribution in [0.15, 0.2) is 35.5 Å². The number of oxime groups is 1. The molecule has 0 aromatic heterocycles. The van der Waals surface area contributed by atoms with Crippen LogP contribution in [0.4, 0.5) is 0 Å². The lowest BCUT2D eigenvalue weighted by molar-refractivity contribution is -0.218. The van der Waals surface area contributed by atoms with E-state index in [-0.39, 0.29) is 44.6 Å². The summed E-state index contributed by atoms with van der Waals surface area (Å²) in [5, 5.41) is 27.5. The number of benzene rings is 1. The second-order valence-electron chi connectivity index (χ2n) is 18.6. The normalized spacial score (nSPS) is 42.4. The van der Waals surface area contributed by atoms with Gasteiger partial charge in [0.05, 0.1) is 22.8 Å². The topological polar surface area (TPSA) is 119 Å². The smallest absolute Gasteiger partial charge is 0.335 e. The van der Waals surface area contributed by atoms with Crippen molar-refractivity contribution in [3.63, 3.8) is 0 Å². The average Bonchev–Trinajstić information content (AvgIpc) is 3.45. The Morgan fingerprint density at radius 2 is 1.62 bits per heavy atom.